The molecule has 4 heteroatoms. The van der Waals surface area contributed by atoms with E-state index >= 15 is 0 Å². The number of aromatic nitrogens is 2. The molecule has 39 heavy (non-hydrogen) atoms. The summed E-state index contributed by atoms with van der Waals surface area (Å²) < 4.78 is 9.79. The maximum absolute atomic E-state index is 6.26. The molecule has 0 aliphatic rings. The van der Waals surface area contributed by atoms with Gasteiger partial charge in [-0.1, -0.05) is 54.6 Å². The number of thiophene rings is 1. The summed E-state index contributed by atoms with van der Waals surface area (Å²) in [5.74, 6) is 0.941. The molecule has 3 heterocycles. The second-order valence-electron chi connectivity index (χ2n) is 10.2. The fourth-order valence-electron chi connectivity index (χ4n) is 5.95. The first-order valence-corrected chi connectivity index (χ1v) is 14.0. The van der Waals surface area contributed by atoms with E-state index in [0.29, 0.717) is 0 Å². The lowest BCUT2D eigenvalue weighted by Crippen LogP contribution is -1.97. The fraction of sp³-hybridized carbons (Fsp3) is 0.0571. The lowest BCUT2D eigenvalue weighted by Gasteiger charge is -2.12. The van der Waals surface area contributed by atoms with Crippen molar-refractivity contribution in [3.63, 3.8) is 0 Å². The molecule has 0 N–H and O–H groups in total. The van der Waals surface area contributed by atoms with E-state index in [1.54, 1.807) is 11.3 Å². The zero-order valence-corrected chi connectivity index (χ0v) is 22.4. The van der Waals surface area contributed by atoms with Crippen molar-refractivity contribution in [1.29, 1.82) is 0 Å². The summed E-state index contributed by atoms with van der Waals surface area (Å²) in [5, 5.41) is 5.73. The maximum atomic E-state index is 6.26. The molecule has 5 aromatic carbocycles. The SMILES string of the molecule is Cc1cccc(C)c1-c1ccc2scc(-c3nc4ccccc4n3-c3ccc4c(c3)oc3ccccc34)c2c1. The third-order valence-electron chi connectivity index (χ3n) is 7.77. The second kappa shape index (κ2) is 8.42. The van der Waals surface area contributed by atoms with Gasteiger partial charge in [-0.25, -0.2) is 4.98 Å². The van der Waals surface area contributed by atoms with Gasteiger partial charge in [-0.15, -0.1) is 11.3 Å². The van der Waals surface area contributed by atoms with Crippen LogP contribution < -0.4 is 0 Å². The molecule has 0 radical (unpaired) electrons. The summed E-state index contributed by atoms with van der Waals surface area (Å²) in [6.45, 7) is 4.38. The Hall–Kier alpha value is -4.67. The van der Waals surface area contributed by atoms with Crippen LogP contribution >= 0.6 is 11.3 Å². The van der Waals surface area contributed by atoms with E-state index < -0.39 is 0 Å². The van der Waals surface area contributed by atoms with E-state index in [1.165, 1.54) is 32.3 Å². The highest BCUT2D eigenvalue weighted by molar-refractivity contribution is 7.17. The molecule has 3 aromatic heterocycles. The van der Waals surface area contributed by atoms with Crippen molar-refractivity contribution in [3.8, 4) is 28.2 Å². The van der Waals surface area contributed by atoms with Crippen LogP contribution in [0.2, 0.25) is 0 Å². The Morgan fingerprint density at radius 1 is 0.692 bits per heavy atom. The van der Waals surface area contributed by atoms with Crippen molar-refractivity contribution in [2.45, 2.75) is 13.8 Å². The highest BCUT2D eigenvalue weighted by Gasteiger charge is 2.19. The molecule has 0 saturated heterocycles. The third-order valence-corrected chi connectivity index (χ3v) is 8.73. The lowest BCUT2D eigenvalue weighted by atomic mass is 9.94. The topological polar surface area (TPSA) is 31.0 Å². The number of imidazole rings is 1. The Morgan fingerprint density at radius 2 is 1.49 bits per heavy atom. The number of furan rings is 1. The van der Waals surface area contributed by atoms with Gasteiger partial charge in [0, 0.05) is 37.9 Å². The molecule has 0 amide bonds. The van der Waals surface area contributed by atoms with Crippen LogP contribution in [-0.2, 0) is 0 Å². The van der Waals surface area contributed by atoms with Gasteiger partial charge in [0.05, 0.1) is 16.7 Å². The Labute approximate surface area is 229 Å². The van der Waals surface area contributed by atoms with Crippen molar-refractivity contribution >= 4 is 54.4 Å². The quantitative estimate of drug-likeness (QED) is 0.232. The van der Waals surface area contributed by atoms with Gasteiger partial charge in [0.15, 0.2) is 0 Å². The second-order valence-corrected chi connectivity index (χ2v) is 11.1. The molecule has 0 atom stereocenters. The summed E-state index contributed by atoms with van der Waals surface area (Å²) >= 11 is 1.77. The van der Waals surface area contributed by atoms with Crippen LogP contribution in [0.1, 0.15) is 11.1 Å². The Balaban J connectivity index is 1.38. The van der Waals surface area contributed by atoms with E-state index in [-0.39, 0.29) is 0 Å². The van der Waals surface area contributed by atoms with E-state index in [9.17, 15) is 0 Å². The molecule has 8 rings (SSSR count). The number of hydrogen-bond donors (Lipinski definition) is 0. The molecule has 8 aromatic rings. The number of rotatable bonds is 3. The average Bonchev–Trinajstić information content (AvgIpc) is 3.65. The molecule has 0 saturated carbocycles. The molecule has 186 valence electrons. The molecule has 0 fully saturated rings. The Morgan fingerprint density at radius 3 is 2.38 bits per heavy atom. The van der Waals surface area contributed by atoms with Crippen molar-refractivity contribution in [1.82, 2.24) is 9.55 Å². The number of benzene rings is 5. The number of fused-ring (bicyclic) bond motifs is 5. The van der Waals surface area contributed by atoms with E-state index in [2.05, 4.69) is 115 Å². The monoisotopic (exact) mass is 520 g/mol. The normalized spacial score (nSPS) is 11.8. The van der Waals surface area contributed by atoms with Gasteiger partial charge in [0.25, 0.3) is 0 Å². The highest BCUT2D eigenvalue weighted by Crippen LogP contribution is 2.40. The largest absolute Gasteiger partial charge is 0.456 e. The van der Waals surface area contributed by atoms with Crippen LogP contribution in [0.25, 0.3) is 71.3 Å². The number of aryl methyl sites for hydroxylation is 2. The number of nitrogens with zero attached hydrogens (tertiary/aromatic N) is 2. The van der Waals surface area contributed by atoms with Crippen LogP contribution in [0.3, 0.4) is 0 Å². The third kappa shape index (κ3) is 3.38. The van der Waals surface area contributed by atoms with Gasteiger partial charge in [-0.05, 0) is 78.6 Å². The molecule has 0 bridgehead atoms. The van der Waals surface area contributed by atoms with E-state index in [0.717, 1.165) is 50.0 Å². The van der Waals surface area contributed by atoms with Gasteiger partial charge in [0.2, 0.25) is 0 Å². The number of hydrogen-bond acceptors (Lipinski definition) is 3. The van der Waals surface area contributed by atoms with Crippen LogP contribution in [0, 0.1) is 13.8 Å². The van der Waals surface area contributed by atoms with Crippen LogP contribution in [0.15, 0.2) is 113 Å². The van der Waals surface area contributed by atoms with Gasteiger partial charge in [-0.2, -0.15) is 0 Å². The van der Waals surface area contributed by atoms with Crippen molar-refractivity contribution in [3.05, 3.63) is 120 Å². The van der Waals surface area contributed by atoms with Gasteiger partial charge in [-0.3, -0.25) is 4.57 Å². The lowest BCUT2D eigenvalue weighted by molar-refractivity contribution is 0.668. The minimum atomic E-state index is 0.880. The van der Waals surface area contributed by atoms with Crippen LogP contribution in [0.5, 0.6) is 0 Å². The zero-order valence-electron chi connectivity index (χ0n) is 21.6. The molecular weight excluding hydrogens is 496 g/mol. The van der Waals surface area contributed by atoms with Crippen LogP contribution in [0.4, 0.5) is 0 Å². The number of para-hydroxylation sites is 3. The summed E-state index contributed by atoms with van der Waals surface area (Å²) in [5.41, 5.74) is 11.1. The fourth-order valence-corrected chi connectivity index (χ4v) is 6.87. The zero-order chi connectivity index (χ0) is 26.1. The molecular formula is C35H24N2OS. The molecule has 3 nitrogen and oxygen atoms in total. The van der Waals surface area contributed by atoms with Crippen LogP contribution in [-0.4, -0.2) is 9.55 Å². The molecule has 0 aliphatic heterocycles. The van der Waals surface area contributed by atoms with E-state index in [1.807, 2.05) is 12.1 Å². The maximum Gasteiger partial charge on any atom is 0.147 e. The minimum Gasteiger partial charge on any atom is -0.456 e. The summed E-state index contributed by atoms with van der Waals surface area (Å²) in [7, 11) is 0. The van der Waals surface area contributed by atoms with Gasteiger partial charge < -0.3 is 4.42 Å². The molecule has 0 unspecified atom stereocenters. The summed E-state index contributed by atoms with van der Waals surface area (Å²) in [6.07, 6.45) is 0. The first-order chi connectivity index (χ1) is 19.2. The summed E-state index contributed by atoms with van der Waals surface area (Å²) in [6, 6.07) is 36.4. The molecule has 0 aliphatic carbocycles. The Bertz CT molecular complexity index is 2190. The van der Waals surface area contributed by atoms with Crippen molar-refractivity contribution < 1.29 is 4.42 Å². The van der Waals surface area contributed by atoms with Crippen molar-refractivity contribution in [2.24, 2.45) is 0 Å². The van der Waals surface area contributed by atoms with Gasteiger partial charge in [0.1, 0.15) is 17.0 Å². The average molecular weight is 521 g/mol. The first kappa shape index (κ1) is 22.3. The summed E-state index contributed by atoms with van der Waals surface area (Å²) in [4.78, 5) is 5.18. The first-order valence-electron chi connectivity index (χ1n) is 13.1. The minimum absolute atomic E-state index is 0.880. The van der Waals surface area contributed by atoms with E-state index in [4.69, 9.17) is 9.40 Å². The smallest absolute Gasteiger partial charge is 0.147 e. The van der Waals surface area contributed by atoms with Gasteiger partial charge >= 0.3 is 0 Å². The Kier molecular flexibility index (Phi) is 4.82. The molecule has 0 spiro atoms. The predicted octanol–water partition coefficient (Wildman–Crippen LogP) is 10.1. The highest BCUT2D eigenvalue weighted by atomic mass is 32.1. The van der Waals surface area contributed by atoms with Crippen molar-refractivity contribution in [2.75, 3.05) is 0 Å². The predicted molar refractivity (Wildman–Crippen MR) is 164 cm³/mol. The standard InChI is InChI=1S/C35H24N2OS/c1-21-8-7-9-22(2)34(21)23-14-17-33-27(18-23)28(20-39-33)35-36-29-11-4-5-12-30(29)37(35)24-15-16-26-25-10-3-6-13-31(25)38-32(26)19-24/h3-20H,1-2H3.